The van der Waals surface area contributed by atoms with Crippen LogP contribution in [-0.2, 0) is 6.54 Å². The maximum Gasteiger partial charge on any atom is 0.178 e. The van der Waals surface area contributed by atoms with E-state index in [1.165, 1.54) is 6.07 Å². The van der Waals surface area contributed by atoms with Gasteiger partial charge in [-0.1, -0.05) is 28.1 Å². The summed E-state index contributed by atoms with van der Waals surface area (Å²) in [7, 11) is 0. The summed E-state index contributed by atoms with van der Waals surface area (Å²) in [6.07, 6.45) is 0. The first-order chi connectivity index (χ1) is 9.54. The van der Waals surface area contributed by atoms with Crippen LogP contribution in [0.3, 0.4) is 0 Å². The Balaban J connectivity index is 2.14. The van der Waals surface area contributed by atoms with Crippen LogP contribution in [0.15, 0.2) is 45.3 Å². The first-order valence-electron chi connectivity index (χ1n) is 5.86. The van der Waals surface area contributed by atoms with Gasteiger partial charge in [0.25, 0.3) is 0 Å². The molecule has 1 N–H and O–H groups in total. The van der Waals surface area contributed by atoms with E-state index in [9.17, 15) is 4.39 Å². The van der Waals surface area contributed by atoms with Gasteiger partial charge in [0.2, 0.25) is 0 Å². The molecule has 2 nitrogen and oxygen atoms in total. The molecule has 0 amide bonds. The summed E-state index contributed by atoms with van der Waals surface area (Å²) in [4.78, 5) is 3.10. The van der Waals surface area contributed by atoms with Crippen molar-refractivity contribution >= 4 is 55.1 Å². The van der Waals surface area contributed by atoms with Crippen molar-refractivity contribution in [3.63, 3.8) is 0 Å². The molecule has 0 unspecified atom stereocenters. The number of aromatic nitrogens is 2. The van der Waals surface area contributed by atoms with Gasteiger partial charge in [-0.15, -0.1) is 0 Å². The molecule has 20 heavy (non-hydrogen) atoms. The van der Waals surface area contributed by atoms with Gasteiger partial charge in [-0.05, 0) is 51.9 Å². The van der Waals surface area contributed by atoms with Crippen molar-refractivity contribution in [1.82, 2.24) is 9.55 Å². The summed E-state index contributed by atoms with van der Waals surface area (Å²) in [5.41, 5.74) is 2.67. The number of fused-ring (bicyclic) bond motifs is 1. The van der Waals surface area contributed by atoms with Gasteiger partial charge in [0.1, 0.15) is 5.82 Å². The average molecular weight is 416 g/mol. The zero-order valence-corrected chi connectivity index (χ0v) is 14.1. The predicted molar refractivity (Wildman–Crippen MR) is 88.0 cm³/mol. The Morgan fingerprint density at radius 1 is 1.20 bits per heavy atom. The second kappa shape index (κ2) is 5.42. The largest absolute Gasteiger partial charge is 0.331 e. The van der Waals surface area contributed by atoms with Crippen LogP contribution in [0.2, 0.25) is 0 Å². The van der Waals surface area contributed by atoms with E-state index in [0.717, 1.165) is 21.1 Å². The molecule has 0 bridgehead atoms. The Bertz CT molecular complexity index is 854. The standard InChI is InChI=1S/C14H9Br2FN2S/c15-9-3-1-2-8(4-9)7-19-13-6-11(17)10(16)5-12(13)18-14(19)20/h1-6H,7H2,(H,18,20). The van der Waals surface area contributed by atoms with E-state index in [1.54, 1.807) is 6.07 Å². The van der Waals surface area contributed by atoms with E-state index >= 15 is 0 Å². The average Bonchev–Trinajstić information content (AvgIpc) is 2.67. The number of H-pyrrole nitrogens is 1. The number of aromatic amines is 1. The molecule has 6 heteroatoms. The van der Waals surface area contributed by atoms with Crippen LogP contribution in [0, 0.1) is 10.6 Å². The van der Waals surface area contributed by atoms with Crippen molar-refractivity contribution in [3.8, 4) is 0 Å². The summed E-state index contributed by atoms with van der Waals surface area (Å²) in [5.74, 6) is -0.297. The van der Waals surface area contributed by atoms with Crippen LogP contribution in [-0.4, -0.2) is 9.55 Å². The van der Waals surface area contributed by atoms with Gasteiger partial charge in [-0.25, -0.2) is 4.39 Å². The molecule has 0 radical (unpaired) electrons. The minimum Gasteiger partial charge on any atom is -0.331 e. The zero-order valence-electron chi connectivity index (χ0n) is 10.2. The van der Waals surface area contributed by atoms with E-state index in [0.29, 0.717) is 15.8 Å². The normalized spacial score (nSPS) is 11.2. The van der Waals surface area contributed by atoms with E-state index in [4.69, 9.17) is 12.2 Å². The quantitative estimate of drug-likeness (QED) is 0.555. The van der Waals surface area contributed by atoms with Crippen LogP contribution in [0.5, 0.6) is 0 Å². The maximum atomic E-state index is 13.7. The highest BCUT2D eigenvalue weighted by Crippen LogP contribution is 2.24. The van der Waals surface area contributed by atoms with Crippen LogP contribution in [0.4, 0.5) is 4.39 Å². The number of benzene rings is 2. The molecule has 3 aromatic rings. The summed E-state index contributed by atoms with van der Waals surface area (Å²) in [6.45, 7) is 0.597. The molecule has 0 fully saturated rings. The Morgan fingerprint density at radius 3 is 2.75 bits per heavy atom. The van der Waals surface area contributed by atoms with Crippen molar-refractivity contribution in [2.24, 2.45) is 0 Å². The van der Waals surface area contributed by atoms with Crippen molar-refractivity contribution in [3.05, 3.63) is 61.5 Å². The Kier molecular flexibility index (Phi) is 3.79. The van der Waals surface area contributed by atoms with Gasteiger partial charge in [0.15, 0.2) is 4.77 Å². The van der Waals surface area contributed by atoms with Crippen molar-refractivity contribution < 1.29 is 4.39 Å². The van der Waals surface area contributed by atoms with E-state index < -0.39 is 0 Å². The highest BCUT2D eigenvalue weighted by molar-refractivity contribution is 9.10. The van der Waals surface area contributed by atoms with E-state index in [1.807, 2.05) is 28.8 Å². The molecular formula is C14H9Br2FN2S. The molecule has 102 valence electrons. The fraction of sp³-hybridized carbons (Fsp3) is 0.0714. The van der Waals surface area contributed by atoms with Crippen LogP contribution in [0.1, 0.15) is 5.56 Å². The Morgan fingerprint density at radius 2 is 2.00 bits per heavy atom. The third-order valence-corrected chi connectivity index (χ3v) is 4.47. The smallest absolute Gasteiger partial charge is 0.178 e. The van der Waals surface area contributed by atoms with Crippen LogP contribution in [0.25, 0.3) is 11.0 Å². The number of nitrogens with zero attached hydrogens (tertiary/aromatic N) is 1. The Labute approximate surface area is 136 Å². The van der Waals surface area contributed by atoms with Gasteiger partial charge in [0.05, 0.1) is 22.1 Å². The first kappa shape index (κ1) is 14.0. The van der Waals surface area contributed by atoms with Crippen molar-refractivity contribution in [2.45, 2.75) is 6.54 Å². The first-order valence-corrected chi connectivity index (χ1v) is 7.86. The van der Waals surface area contributed by atoms with Gasteiger partial charge in [-0.3, -0.25) is 0 Å². The monoisotopic (exact) mass is 414 g/mol. The van der Waals surface area contributed by atoms with Crippen molar-refractivity contribution in [1.29, 1.82) is 0 Å². The third-order valence-electron chi connectivity index (χ3n) is 3.05. The number of rotatable bonds is 2. The van der Waals surface area contributed by atoms with E-state index in [2.05, 4.69) is 36.8 Å². The molecule has 0 saturated carbocycles. The molecule has 1 heterocycles. The second-order valence-corrected chi connectivity index (χ2v) is 6.59. The topological polar surface area (TPSA) is 20.7 Å². The van der Waals surface area contributed by atoms with Gasteiger partial charge in [0, 0.05) is 10.5 Å². The molecule has 0 saturated heterocycles. The van der Waals surface area contributed by atoms with Crippen molar-refractivity contribution in [2.75, 3.05) is 0 Å². The predicted octanol–water partition coefficient (Wildman–Crippen LogP) is 5.41. The molecule has 0 atom stereocenters. The SMILES string of the molecule is Fc1cc2c(cc1Br)[nH]c(=S)n2Cc1cccc(Br)c1. The zero-order chi connectivity index (χ0) is 14.3. The lowest BCUT2D eigenvalue weighted by Gasteiger charge is -2.06. The molecule has 1 aromatic heterocycles. The molecule has 0 aliphatic rings. The second-order valence-electron chi connectivity index (χ2n) is 4.43. The van der Waals surface area contributed by atoms with Crippen LogP contribution < -0.4 is 0 Å². The number of imidazole rings is 1. The third kappa shape index (κ3) is 2.60. The summed E-state index contributed by atoms with van der Waals surface area (Å²) in [5, 5.41) is 0. The number of nitrogens with one attached hydrogen (secondary N) is 1. The molecule has 0 aliphatic heterocycles. The maximum absolute atomic E-state index is 13.7. The highest BCUT2D eigenvalue weighted by atomic mass is 79.9. The Hall–Kier alpha value is -0.980. The number of hydrogen-bond donors (Lipinski definition) is 1. The van der Waals surface area contributed by atoms with E-state index in [-0.39, 0.29) is 5.82 Å². The highest BCUT2D eigenvalue weighted by Gasteiger charge is 2.09. The fourth-order valence-corrected chi connectivity index (χ4v) is 3.19. The summed E-state index contributed by atoms with van der Waals surface area (Å²) >= 11 is 12.0. The van der Waals surface area contributed by atoms with Gasteiger partial charge >= 0.3 is 0 Å². The van der Waals surface area contributed by atoms with Gasteiger partial charge < -0.3 is 9.55 Å². The number of halogens is 3. The molecule has 2 aromatic carbocycles. The minimum atomic E-state index is -0.297. The summed E-state index contributed by atoms with van der Waals surface area (Å²) in [6, 6.07) is 11.2. The fourth-order valence-electron chi connectivity index (χ4n) is 2.13. The molecular weight excluding hydrogens is 407 g/mol. The molecule has 0 aliphatic carbocycles. The minimum absolute atomic E-state index is 0.297. The lowest BCUT2D eigenvalue weighted by atomic mass is 10.2. The van der Waals surface area contributed by atoms with Gasteiger partial charge in [-0.2, -0.15) is 0 Å². The summed E-state index contributed by atoms with van der Waals surface area (Å²) < 4.78 is 17.6. The lowest BCUT2D eigenvalue weighted by molar-refractivity contribution is 0.622. The number of hydrogen-bond acceptors (Lipinski definition) is 1. The lowest BCUT2D eigenvalue weighted by Crippen LogP contribution is -1.99. The molecule has 0 spiro atoms. The molecule has 3 rings (SSSR count). The van der Waals surface area contributed by atoms with Crippen LogP contribution >= 0.6 is 44.1 Å².